The number of halogens is 1. The Morgan fingerprint density at radius 3 is 2.73 bits per heavy atom. The van der Waals surface area contributed by atoms with Crippen molar-refractivity contribution in [1.29, 1.82) is 0 Å². The molecule has 0 aliphatic rings. The monoisotopic (exact) mass is 271 g/mol. The molecule has 0 bridgehead atoms. The van der Waals surface area contributed by atoms with Crippen LogP contribution >= 0.6 is 15.9 Å². The molecule has 0 spiro atoms. The molecule has 1 rings (SSSR count). The maximum Gasteiger partial charge on any atom is 0.335 e. The van der Waals surface area contributed by atoms with Gasteiger partial charge in [0, 0.05) is 16.2 Å². The van der Waals surface area contributed by atoms with E-state index >= 15 is 0 Å². The first-order chi connectivity index (χ1) is 7.04. The van der Waals surface area contributed by atoms with E-state index in [1.807, 2.05) is 0 Å². The zero-order chi connectivity index (χ0) is 11.4. The Morgan fingerprint density at radius 1 is 1.60 bits per heavy atom. The van der Waals surface area contributed by atoms with Crippen LogP contribution in [0, 0.1) is 0 Å². The summed E-state index contributed by atoms with van der Waals surface area (Å²) in [6, 6.07) is 5.35. The minimum atomic E-state index is -0.911. The number of aromatic carboxylic acids is 1. The number of benzene rings is 1. The first kappa shape index (κ1) is 12.0. The number of hydrogen-bond donors (Lipinski definition) is 2. The van der Waals surface area contributed by atoms with E-state index in [-0.39, 0.29) is 5.56 Å². The van der Waals surface area contributed by atoms with Gasteiger partial charge in [0.25, 0.3) is 0 Å². The van der Waals surface area contributed by atoms with Gasteiger partial charge in [0.15, 0.2) is 0 Å². The van der Waals surface area contributed by atoms with E-state index in [0.29, 0.717) is 6.04 Å². The molecule has 3 nitrogen and oxygen atoms in total. The molecule has 1 aromatic rings. The van der Waals surface area contributed by atoms with Gasteiger partial charge in [-0.25, -0.2) is 4.79 Å². The standard InChI is InChI=1S/C11H14BrNO2/c1-3-7(2)13-10-5-4-8(11(14)15)6-9(10)12/h4-7,13H,3H2,1-2H3,(H,14,15). The molecule has 1 aromatic carbocycles. The zero-order valence-corrected chi connectivity index (χ0v) is 10.3. The molecular formula is C11H14BrNO2. The molecule has 0 aliphatic heterocycles. The van der Waals surface area contributed by atoms with E-state index in [1.165, 1.54) is 0 Å². The smallest absolute Gasteiger partial charge is 0.335 e. The summed E-state index contributed by atoms with van der Waals surface area (Å²) in [6.07, 6.45) is 1.02. The van der Waals surface area contributed by atoms with Crippen LogP contribution in [0.25, 0.3) is 0 Å². The fourth-order valence-electron chi connectivity index (χ4n) is 1.13. The average Bonchev–Trinajstić information content (AvgIpc) is 2.20. The predicted octanol–water partition coefficient (Wildman–Crippen LogP) is 3.36. The fraction of sp³-hybridized carbons (Fsp3) is 0.364. The topological polar surface area (TPSA) is 49.3 Å². The molecule has 15 heavy (non-hydrogen) atoms. The highest BCUT2D eigenvalue weighted by Gasteiger charge is 2.07. The molecule has 0 saturated heterocycles. The number of anilines is 1. The summed E-state index contributed by atoms with van der Waals surface area (Å²) >= 11 is 3.35. The highest BCUT2D eigenvalue weighted by atomic mass is 79.9. The van der Waals surface area contributed by atoms with Gasteiger partial charge in [-0.2, -0.15) is 0 Å². The van der Waals surface area contributed by atoms with Crippen molar-refractivity contribution < 1.29 is 9.90 Å². The van der Waals surface area contributed by atoms with E-state index in [9.17, 15) is 4.79 Å². The number of carbonyl (C=O) groups is 1. The Bertz CT molecular complexity index is 366. The predicted molar refractivity (Wildman–Crippen MR) is 64.5 cm³/mol. The molecule has 0 aliphatic carbocycles. The van der Waals surface area contributed by atoms with E-state index in [0.717, 1.165) is 16.6 Å². The molecular weight excluding hydrogens is 258 g/mol. The van der Waals surface area contributed by atoms with Crippen molar-refractivity contribution in [2.45, 2.75) is 26.3 Å². The largest absolute Gasteiger partial charge is 0.478 e. The maximum atomic E-state index is 10.7. The molecule has 0 heterocycles. The van der Waals surface area contributed by atoms with Crippen molar-refractivity contribution in [1.82, 2.24) is 0 Å². The number of carboxylic acid groups (broad SMARTS) is 1. The van der Waals surface area contributed by atoms with Crippen LogP contribution in [-0.2, 0) is 0 Å². The van der Waals surface area contributed by atoms with Crippen LogP contribution in [0.3, 0.4) is 0 Å². The lowest BCUT2D eigenvalue weighted by molar-refractivity contribution is 0.0697. The summed E-state index contributed by atoms with van der Waals surface area (Å²) in [7, 11) is 0. The number of hydrogen-bond acceptors (Lipinski definition) is 2. The zero-order valence-electron chi connectivity index (χ0n) is 8.75. The first-order valence-electron chi connectivity index (χ1n) is 4.84. The molecule has 1 atom stereocenters. The van der Waals surface area contributed by atoms with Crippen molar-refractivity contribution >= 4 is 27.6 Å². The van der Waals surface area contributed by atoms with Gasteiger partial charge >= 0.3 is 5.97 Å². The third-order valence-corrected chi connectivity index (χ3v) is 2.89. The molecule has 1 unspecified atom stereocenters. The van der Waals surface area contributed by atoms with Crippen molar-refractivity contribution in [3.63, 3.8) is 0 Å². The number of nitrogens with one attached hydrogen (secondary N) is 1. The summed E-state index contributed by atoms with van der Waals surface area (Å²) < 4.78 is 0.780. The van der Waals surface area contributed by atoms with Crippen molar-refractivity contribution in [2.24, 2.45) is 0 Å². The van der Waals surface area contributed by atoms with Crippen LogP contribution in [-0.4, -0.2) is 17.1 Å². The lowest BCUT2D eigenvalue weighted by Gasteiger charge is -2.14. The molecule has 0 amide bonds. The normalized spacial score (nSPS) is 12.2. The third-order valence-electron chi connectivity index (χ3n) is 2.23. The van der Waals surface area contributed by atoms with Gasteiger partial charge < -0.3 is 10.4 Å². The second-order valence-electron chi connectivity index (χ2n) is 3.45. The minimum Gasteiger partial charge on any atom is -0.478 e. The Kier molecular flexibility index (Phi) is 4.15. The molecule has 0 saturated carbocycles. The van der Waals surface area contributed by atoms with Crippen molar-refractivity contribution in [3.8, 4) is 0 Å². The number of carboxylic acids is 1. The van der Waals surface area contributed by atoms with E-state index < -0.39 is 5.97 Å². The van der Waals surface area contributed by atoms with Crippen LogP contribution in [0.2, 0.25) is 0 Å². The van der Waals surface area contributed by atoms with Crippen LogP contribution in [0.1, 0.15) is 30.6 Å². The Balaban J connectivity index is 2.88. The van der Waals surface area contributed by atoms with Gasteiger partial charge in [-0.05, 0) is 47.5 Å². The summed E-state index contributed by atoms with van der Waals surface area (Å²) in [5, 5.41) is 12.1. The van der Waals surface area contributed by atoms with Gasteiger partial charge in [-0.15, -0.1) is 0 Å². The summed E-state index contributed by atoms with van der Waals surface area (Å²) in [5.41, 5.74) is 1.21. The van der Waals surface area contributed by atoms with Crippen molar-refractivity contribution in [3.05, 3.63) is 28.2 Å². The van der Waals surface area contributed by atoms with Crippen LogP contribution in [0.5, 0.6) is 0 Å². The summed E-state index contributed by atoms with van der Waals surface area (Å²) in [4.78, 5) is 10.7. The Labute approximate surface area is 97.6 Å². The van der Waals surface area contributed by atoms with Crippen LogP contribution < -0.4 is 5.32 Å². The number of rotatable bonds is 4. The fourth-order valence-corrected chi connectivity index (χ4v) is 1.63. The lowest BCUT2D eigenvalue weighted by Crippen LogP contribution is -2.13. The van der Waals surface area contributed by atoms with Gasteiger partial charge in [-0.3, -0.25) is 0 Å². The van der Waals surface area contributed by atoms with E-state index in [4.69, 9.17) is 5.11 Å². The molecule has 4 heteroatoms. The highest BCUT2D eigenvalue weighted by Crippen LogP contribution is 2.24. The Morgan fingerprint density at radius 2 is 2.27 bits per heavy atom. The maximum absolute atomic E-state index is 10.7. The highest BCUT2D eigenvalue weighted by molar-refractivity contribution is 9.10. The minimum absolute atomic E-state index is 0.288. The summed E-state index contributed by atoms with van der Waals surface area (Å²) in [5.74, 6) is -0.911. The van der Waals surface area contributed by atoms with Gasteiger partial charge in [0.1, 0.15) is 0 Å². The third kappa shape index (κ3) is 3.23. The lowest BCUT2D eigenvalue weighted by atomic mass is 10.2. The van der Waals surface area contributed by atoms with Gasteiger partial charge in [0.2, 0.25) is 0 Å². The van der Waals surface area contributed by atoms with Gasteiger partial charge in [-0.1, -0.05) is 6.92 Å². The van der Waals surface area contributed by atoms with Crippen molar-refractivity contribution in [2.75, 3.05) is 5.32 Å². The SMILES string of the molecule is CCC(C)Nc1ccc(C(=O)O)cc1Br. The molecule has 0 radical (unpaired) electrons. The second-order valence-corrected chi connectivity index (χ2v) is 4.31. The van der Waals surface area contributed by atoms with Crippen LogP contribution in [0.15, 0.2) is 22.7 Å². The Hall–Kier alpha value is -1.03. The van der Waals surface area contributed by atoms with E-state index in [1.54, 1.807) is 18.2 Å². The molecule has 0 fully saturated rings. The van der Waals surface area contributed by atoms with Gasteiger partial charge in [0.05, 0.1) is 5.56 Å². The van der Waals surface area contributed by atoms with Crippen LogP contribution in [0.4, 0.5) is 5.69 Å². The summed E-state index contributed by atoms with van der Waals surface area (Å²) in [6.45, 7) is 4.18. The quantitative estimate of drug-likeness (QED) is 0.883. The molecule has 82 valence electrons. The first-order valence-corrected chi connectivity index (χ1v) is 5.63. The second kappa shape index (κ2) is 5.16. The average molecular weight is 272 g/mol. The molecule has 2 N–H and O–H groups in total. The van der Waals surface area contributed by atoms with E-state index in [2.05, 4.69) is 35.1 Å². The molecule has 0 aromatic heterocycles.